The number of carbonyl (C=O) groups excluding carboxylic acids is 3. The highest BCUT2D eigenvalue weighted by Gasteiger charge is 2.42. The zero-order chi connectivity index (χ0) is 24.4. The standard InChI is InChI=1S/C26H25N3O4S/c1-25(2)12-20(30)16-10-15(7-9-21(16)33-25)22(31)28-24-27-18(13-34-24)14-6-8-19-17(11-14)26(3,4)23(32)29(19)5/h6-11,13H,12H2,1-5H3,(H,27,28,31). The first-order valence-corrected chi connectivity index (χ1v) is 11.9. The molecular weight excluding hydrogens is 450 g/mol. The van der Waals surface area contributed by atoms with E-state index >= 15 is 0 Å². The molecule has 2 aliphatic rings. The zero-order valence-electron chi connectivity index (χ0n) is 19.7. The van der Waals surface area contributed by atoms with Gasteiger partial charge in [-0.05, 0) is 63.6 Å². The van der Waals surface area contributed by atoms with Gasteiger partial charge in [-0.2, -0.15) is 0 Å². The molecule has 0 saturated carbocycles. The summed E-state index contributed by atoms with van der Waals surface area (Å²) in [5.41, 5.74) is 3.09. The second-order valence-corrected chi connectivity index (χ2v) is 10.7. The second-order valence-electron chi connectivity index (χ2n) is 9.89. The fourth-order valence-electron chi connectivity index (χ4n) is 4.56. The van der Waals surface area contributed by atoms with Crippen LogP contribution in [0.4, 0.5) is 10.8 Å². The third-order valence-electron chi connectivity index (χ3n) is 6.41. The number of ether oxygens (including phenoxy) is 1. The molecule has 0 fully saturated rings. The molecule has 7 nitrogen and oxygen atoms in total. The molecule has 2 amide bonds. The van der Waals surface area contributed by atoms with Gasteiger partial charge in [0.25, 0.3) is 5.91 Å². The Morgan fingerprint density at radius 2 is 1.88 bits per heavy atom. The maximum atomic E-state index is 12.9. The second kappa shape index (κ2) is 7.50. The van der Waals surface area contributed by atoms with E-state index in [-0.39, 0.29) is 24.0 Å². The van der Waals surface area contributed by atoms with Gasteiger partial charge in [-0.1, -0.05) is 6.07 Å². The topological polar surface area (TPSA) is 88.6 Å². The number of fused-ring (bicyclic) bond motifs is 2. The number of nitrogens with zero attached hydrogens (tertiary/aromatic N) is 2. The van der Waals surface area contributed by atoms with Crippen LogP contribution >= 0.6 is 11.3 Å². The molecule has 174 valence electrons. The maximum absolute atomic E-state index is 12.9. The van der Waals surface area contributed by atoms with E-state index in [0.717, 1.165) is 22.5 Å². The van der Waals surface area contributed by atoms with Crippen molar-refractivity contribution in [2.24, 2.45) is 0 Å². The Hall–Kier alpha value is -3.52. The summed E-state index contributed by atoms with van der Waals surface area (Å²) < 4.78 is 5.87. The lowest BCUT2D eigenvalue weighted by Crippen LogP contribution is -2.36. The van der Waals surface area contributed by atoms with Crippen LogP contribution < -0.4 is 15.0 Å². The molecule has 2 aliphatic heterocycles. The summed E-state index contributed by atoms with van der Waals surface area (Å²) in [6, 6.07) is 10.7. The highest BCUT2D eigenvalue weighted by Crippen LogP contribution is 2.42. The Labute approximate surface area is 201 Å². The van der Waals surface area contributed by atoms with Gasteiger partial charge in [0.15, 0.2) is 10.9 Å². The SMILES string of the molecule is CN1C(=O)C(C)(C)c2cc(-c3csc(NC(=O)c4ccc5c(c4)C(=O)CC(C)(C)O5)n3)ccc21. The van der Waals surface area contributed by atoms with E-state index in [1.165, 1.54) is 11.3 Å². The van der Waals surface area contributed by atoms with Gasteiger partial charge in [0, 0.05) is 29.2 Å². The van der Waals surface area contributed by atoms with Crippen LogP contribution in [-0.4, -0.2) is 35.2 Å². The van der Waals surface area contributed by atoms with E-state index in [0.29, 0.717) is 22.0 Å². The molecule has 8 heteroatoms. The monoisotopic (exact) mass is 475 g/mol. The molecule has 0 unspecified atom stereocenters. The number of amides is 2. The highest BCUT2D eigenvalue weighted by molar-refractivity contribution is 7.14. The number of Topliss-reactive ketones (excluding diaryl/α,β-unsaturated/α-hetero) is 1. The number of benzene rings is 2. The van der Waals surface area contributed by atoms with Crippen molar-refractivity contribution in [1.82, 2.24) is 4.98 Å². The lowest BCUT2D eigenvalue weighted by Gasteiger charge is -2.31. The fourth-order valence-corrected chi connectivity index (χ4v) is 5.27. The highest BCUT2D eigenvalue weighted by atomic mass is 32.1. The number of hydrogen-bond acceptors (Lipinski definition) is 6. The third kappa shape index (κ3) is 3.58. The lowest BCUT2D eigenvalue weighted by molar-refractivity contribution is -0.121. The molecule has 1 N–H and O–H groups in total. The van der Waals surface area contributed by atoms with Crippen molar-refractivity contribution in [3.8, 4) is 17.0 Å². The van der Waals surface area contributed by atoms with Gasteiger partial charge in [0.05, 0.1) is 23.1 Å². The number of likely N-dealkylation sites (N-methyl/N-ethyl adjacent to an activating group) is 1. The number of rotatable bonds is 3. The average molecular weight is 476 g/mol. The van der Waals surface area contributed by atoms with Crippen LogP contribution in [-0.2, 0) is 10.2 Å². The largest absolute Gasteiger partial charge is 0.487 e. The molecule has 3 aromatic rings. The van der Waals surface area contributed by atoms with Crippen LogP contribution in [0.25, 0.3) is 11.3 Å². The lowest BCUT2D eigenvalue weighted by atomic mass is 9.85. The zero-order valence-corrected chi connectivity index (χ0v) is 20.5. The summed E-state index contributed by atoms with van der Waals surface area (Å²) in [6.45, 7) is 7.58. The van der Waals surface area contributed by atoms with Crippen molar-refractivity contribution >= 4 is 39.8 Å². The smallest absolute Gasteiger partial charge is 0.257 e. The minimum atomic E-state index is -0.601. The van der Waals surface area contributed by atoms with Crippen LogP contribution in [0.5, 0.6) is 5.75 Å². The molecule has 0 radical (unpaired) electrons. The Bertz CT molecular complexity index is 1370. The van der Waals surface area contributed by atoms with Crippen molar-refractivity contribution in [2.45, 2.75) is 45.1 Å². The molecule has 2 aromatic carbocycles. The molecule has 3 heterocycles. The van der Waals surface area contributed by atoms with Gasteiger partial charge in [0.1, 0.15) is 11.4 Å². The Morgan fingerprint density at radius 1 is 1.12 bits per heavy atom. The number of aromatic nitrogens is 1. The summed E-state index contributed by atoms with van der Waals surface area (Å²) in [6.07, 6.45) is 0.264. The molecule has 0 aliphatic carbocycles. The first kappa shape index (κ1) is 22.3. The van der Waals surface area contributed by atoms with E-state index in [4.69, 9.17) is 4.74 Å². The molecule has 0 spiro atoms. The van der Waals surface area contributed by atoms with Crippen molar-refractivity contribution in [2.75, 3.05) is 17.3 Å². The minimum absolute atomic E-state index is 0.0407. The molecule has 0 bridgehead atoms. The van der Waals surface area contributed by atoms with Crippen LogP contribution in [0.15, 0.2) is 41.8 Å². The Balaban J connectivity index is 1.37. The van der Waals surface area contributed by atoms with Gasteiger partial charge in [0.2, 0.25) is 5.91 Å². The van der Waals surface area contributed by atoms with E-state index < -0.39 is 11.0 Å². The minimum Gasteiger partial charge on any atom is -0.487 e. The Morgan fingerprint density at radius 3 is 2.65 bits per heavy atom. The van der Waals surface area contributed by atoms with Crippen LogP contribution in [0.1, 0.15) is 60.4 Å². The predicted molar refractivity (Wildman–Crippen MR) is 132 cm³/mol. The molecule has 34 heavy (non-hydrogen) atoms. The van der Waals surface area contributed by atoms with Crippen molar-refractivity contribution in [3.05, 3.63) is 58.5 Å². The van der Waals surface area contributed by atoms with Gasteiger partial charge >= 0.3 is 0 Å². The van der Waals surface area contributed by atoms with Gasteiger partial charge < -0.3 is 9.64 Å². The summed E-state index contributed by atoms with van der Waals surface area (Å²) in [5, 5.41) is 5.15. The van der Waals surface area contributed by atoms with Crippen LogP contribution in [0.3, 0.4) is 0 Å². The van der Waals surface area contributed by atoms with Gasteiger partial charge in [-0.25, -0.2) is 4.98 Å². The Kier molecular flexibility index (Phi) is 4.91. The molecule has 0 saturated heterocycles. The number of ketones is 1. The summed E-state index contributed by atoms with van der Waals surface area (Å²) in [7, 11) is 1.79. The third-order valence-corrected chi connectivity index (χ3v) is 7.16. The van der Waals surface area contributed by atoms with Crippen molar-refractivity contribution in [1.29, 1.82) is 0 Å². The molecule has 5 rings (SSSR count). The number of anilines is 2. The van der Waals surface area contributed by atoms with Crippen molar-refractivity contribution < 1.29 is 19.1 Å². The normalized spacial score (nSPS) is 17.7. The van der Waals surface area contributed by atoms with Crippen LogP contribution in [0, 0.1) is 0 Å². The van der Waals surface area contributed by atoms with E-state index in [1.54, 1.807) is 30.1 Å². The fraction of sp³-hybridized carbons (Fsp3) is 0.308. The first-order chi connectivity index (χ1) is 16.0. The molecule has 0 atom stereocenters. The van der Waals surface area contributed by atoms with E-state index in [2.05, 4.69) is 10.3 Å². The summed E-state index contributed by atoms with van der Waals surface area (Å²) in [4.78, 5) is 44.2. The van der Waals surface area contributed by atoms with Crippen molar-refractivity contribution in [3.63, 3.8) is 0 Å². The number of hydrogen-bond donors (Lipinski definition) is 1. The average Bonchev–Trinajstić information content (AvgIpc) is 3.30. The number of thiazole rings is 1. The first-order valence-electron chi connectivity index (χ1n) is 11.0. The quantitative estimate of drug-likeness (QED) is 0.572. The number of nitrogens with one attached hydrogen (secondary N) is 1. The molecular formula is C26H25N3O4S. The summed E-state index contributed by atoms with van der Waals surface area (Å²) in [5.74, 6) is 0.172. The van der Waals surface area contributed by atoms with E-state index in [1.807, 2.05) is 51.3 Å². The maximum Gasteiger partial charge on any atom is 0.257 e. The van der Waals surface area contributed by atoms with Gasteiger partial charge in [-0.15, -0.1) is 11.3 Å². The molecule has 1 aromatic heterocycles. The number of carbonyl (C=O) groups is 3. The van der Waals surface area contributed by atoms with E-state index in [9.17, 15) is 14.4 Å². The van der Waals surface area contributed by atoms with Gasteiger partial charge in [-0.3, -0.25) is 19.7 Å². The predicted octanol–water partition coefficient (Wildman–Crippen LogP) is 5.06. The summed E-state index contributed by atoms with van der Waals surface area (Å²) >= 11 is 1.32. The van der Waals surface area contributed by atoms with Crippen LogP contribution in [0.2, 0.25) is 0 Å².